The molecule has 1 aromatic heterocycles. The van der Waals surface area contributed by atoms with E-state index in [0.29, 0.717) is 57.5 Å². The van der Waals surface area contributed by atoms with Crippen molar-refractivity contribution >= 4 is 61.7 Å². The number of rotatable bonds is 15. The molecule has 358 valence electrons. The Balaban J connectivity index is 0.771. The fraction of sp³-hybridized carbons (Fsp3) is 0.408. The number of aromatic nitrogens is 2. The molecular formula is C49H55FN8O9S. The van der Waals surface area contributed by atoms with Gasteiger partial charge < -0.3 is 24.0 Å². The highest BCUT2D eigenvalue weighted by molar-refractivity contribution is 7.90. The maximum Gasteiger partial charge on any atom is 0.329 e. The Hall–Kier alpha value is -6.73. The minimum atomic E-state index is -3.63. The first-order valence-corrected chi connectivity index (χ1v) is 25.0. The summed E-state index contributed by atoms with van der Waals surface area (Å²) in [5.74, 6) is -0.301. The molecule has 0 aliphatic carbocycles. The predicted molar refractivity (Wildman–Crippen MR) is 254 cm³/mol. The third-order valence-electron chi connectivity index (χ3n) is 13.4. The quantitative estimate of drug-likeness (QED) is 0.118. The number of carbonyl (C=O) groups excluding carboxylic acids is 4. The lowest BCUT2D eigenvalue weighted by Crippen LogP contribution is -2.49. The lowest BCUT2D eigenvalue weighted by Gasteiger charge is -2.38. The summed E-state index contributed by atoms with van der Waals surface area (Å²) in [6.45, 7) is 8.29. The maximum atomic E-state index is 15.4. The van der Waals surface area contributed by atoms with E-state index < -0.39 is 45.3 Å². The first-order chi connectivity index (χ1) is 32.7. The highest BCUT2D eigenvalue weighted by Gasteiger charge is 2.44. The van der Waals surface area contributed by atoms with Gasteiger partial charge in [-0.3, -0.25) is 39.1 Å². The Bertz CT molecular complexity index is 2880. The Kier molecular flexibility index (Phi) is 13.0. The van der Waals surface area contributed by atoms with E-state index in [0.717, 1.165) is 81.9 Å². The fourth-order valence-electron chi connectivity index (χ4n) is 9.80. The Labute approximate surface area is 394 Å². The molecule has 5 heterocycles. The molecule has 1 atom stereocenters. The zero-order chi connectivity index (χ0) is 47.9. The van der Waals surface area contributed by atoms with E-state index in [4.69, 9.17) is 14.2 Å². The lowest BCUT2D eigenvalue weighted by atomic mass is 9.92. The van der Waals surface area contributed by atoms with Gasteiger partial charge in [-0.15, -0.1) is 0 Å². The molecule has 5 aromatic rings. The van der Waals surface area contributed by atoms with Crippen molar-refractivity contribution in [1.29, 1.82) is 0 Å². The molecule has 1 N–H and O–H groups in total. The number of carbonyl (C=O) groups is 4. The number of aryl methyl sites for hydroxylation is 1. The molecule has 19 heteroatoms. The molecule has 4 aromatic carbocycles. The third kappa shape index (κ3) is 9.41. The van der Waals surface area contributed by atoms with Crippen molar-refractivity contribution in [2.45, 2.75) is 38.6 Å². The predicted octanol–water partition coefficient (Wildman–Crippen LogP) is 6.17. The highest BCUT2D eigenvalue weighted by atomic mass is 32.2. The average molecular weight is 951 g/mol. The van der Waals surface area contributed by atoms with Crippen molar-refractivity contribution in [2.75, 3.05) is 92.8 Å². The number of hydrogen-bond donors (Lipinski definition) is 1. The van der Waals surface area contributed by atoms with Crippen LogP contribution in [0.25, 0.3) is 10.9 Å². The molecular weight excluding hydrogens is 896 g/mol. The molecule has 17 nitrogen and oxygen atoms in total. The van der Waals surface area contributed by atoms with E-state index in [2.05, 4.69) is 25.1 Å². The Morgan fingerprint density at radius 3 is 2.29 bits per heavy atom. The van der Waals surface area contributed by atoms with Crippen molar-refractivity contribution in [3.8, 4) is 23.0 Å². The number of ether oxygens (including phenoxy) is 3. The first kappa shape index (κ1) is 46.4. The van der Waals surface area contributed by atoms with Crippen molar-refractivity contribution in [2.24, 2.45) is 13.0 Å². The highest BCUT2D eigenvalue weighted by Crippen LogP contribution is 2.41. The molecule has 5 amide bonds. The summed E-state index contributed by atoms with van der Waals surface area (Å²) in [5, 5.41) is 7.15. The Morgan fingerprint density at radius 2 is 1.60 bits per heavy atom. The number of benzene rings is 4. The van der Waals surface area contributed by atoms with E-state index in [-0.39, 0.29) is 36.0 Å². The number of amides is 5. The summed E-state index contributed by atoms with van der Waals surface area (Å²) in [7, 11) is -0.426. The number of imide groups is 2. The number of piperidine rings is 1. The van der Waals surface area contributed by atoms with Crippen LogP contribution >= 0.6 is 0 Å². The molecule has 0 unspecified atom stereocenters. The topological polar surface area (TPSA) is 176 Å². The zero-order valence-corrected chi connectivity index (χ0v) is 39.4. The van der Waals surface area contributed by atoms with E-state index in [1.807, 2.05) is 37.3 Å². The second-order valence-corrected chi connectivity index (χ2v) is 20.0. The van der Waals surface area contributed by atoms with Gasteiger partial charge in [0, 0.05) is 82.7 Å². The number of methoxy groups -OCH3 is 1. The van der Waals surface area contributed by atoms with Crippen LogP contribution in [0.15, 0.2) is 72.8 Å². The van der Waals surface area contributed by atoms with E-state index >= 15 is 4.39 Å². The van der Waals surface area contributed by atoms with Crippen LogP contribution in [-0.2, 0) is 21.7 Å². The van der Waals surface area contributed by atoms with Crippen LogP contribution < -0.4 is 34.2 Å². The Morgan fingerprint density at radius 1 is 0.853 bits per heavy atom. The fourth-order valence-corrected chi connectivity index (χ4v) is 10.7. The van der Waals surface area contributed by atoms with Gasteiger partial charge in [0.25, 0.3) is 11.8 Å². The largest absolute Gasteiger partial charge is 0.493 e. The second kappa shape index (κ2) is 19.1. The van der Waals surface area contributed by atoms with Gasteiger partial charge in [0.05, 0.1) is 47.8 Å². The van der Waals surface area contributed by atoms with Crippen LogP contribution in [0.2, 0.25) is 0 Å². The summed E-state index contributed by atoms with van der Waals surface area (Å²) in [5.41, 5.74) is 3.36. The number of halogens is 1. The second-order valence-electron chi connectivity index (χ2n) is 17.8. The summed E-state index contributed by atoms with van der Waals surface area (Å²) in [6, 6.07) is 19.1. The number of urea groups is 1. The molecule has 0 bridgehead atoms. The van der Waals surface area contributed by atoms with Crippen LogP contribution in [0.1, 0.15) is 64.9 Å². The van der Waals surface area contributed by atoms with Crippen LogP contribution in [0.4, 0.5) is 26.4 Å². The molecule has 4 aliphatic rings. The van der Waals surface area contributed by atoms with Gasteiger partial charge in [0.2, 0.25) is 5.91 Å². The number of nitrogens with one attached hydrogen (secondary N) is 1. The van der Waals surface area contributed by atoms with Crippen molar-refractivity contribution in [3.05, 3.63) is 95.3 Å². The zero-order valence-electron chi connectivity index (χ0n) is 38.6. The minimum absolute atomic E-state index is 0.0273. The van der Waals surface area contributed by atoms with Crippen molar-refractivity contribution in [1.82, 2.24) is 24.9 Å². The molecule has 3 fully saturated rings. The first-order valence-electron chi connectivity index (χ1n) is 23.0. The standard InChI is InChI=1S/C49H55FN8O9S/c1-5-66-43-27-32(9-14-41(43)65-3)40(30-68(4,63)64)58-47(60)35-7-6-8-38(45(35)48(58)61)56-20-16-31(17-21-56)15-19-54-23-25-55(26-24-54)33-10-12-34(13-11-33)67-42-29-39-36(28-37(42)50)46(52-53(39)2)57-22-18-44(59)51-49(57)62/h6-14,27-29,31,40H,5,15-26,30H2,1-4H3,(H,51,59,62)/t40-/m1/s1. The summed E-state index contributed by atoms with van der Waals surface area (Å²) < 4.78 is 59.7. The smallest absolute Gasteiger partial charge is 0.329 e. The van der Waals surface area contributed by atoms with E-state index in [1.54, 1.807) is 48.1 Å². The molecule has 68 heavy (non-hydrogen) atoms. The maximum absolute atomic E-state index is 15.4. The molecule has 4 aliphatic heterocycles. The summed E-state index contributed by atoms with van der Waals surface area (Å²) in [6.07, 6.45) is 4.15. The SMILES string of the molecule is CCOc1cc([C@@H](CS(C)(=O)=O)N2C(=O)c3cccc(N4CCC(CCN5CCN(c6ccc(Oc7cc8c(cc7F)c(N7CCC(=O)NC7=O)nn8C)cc6)CC5)CC4)c3C2=O)ccc1OC. The molecule has 9 rings (SSSR count). The molecule has 0 radical (unpaired) electrons. The van der Waals surface area contributed by atoms with Gasteiger partial charge in [-0.25, -0.2) is 17.6 Å². The van der Waals surface area contributed by atoms with Crippen molar-refractivity contribution < 1.29 is 46.2 Å². The number of anilines is 3. The molecule has 0 spiro atoms. The monoisotopic (exact) mass is 950 g/mol. The van der Waals surface area contributed by atoms with Crippen LogP contribution in [0.3, 0.4) is 0 Å². The molecule has 3 saturated heterocycles. The lowest BCUT2D eigenvalue weighted by molar-refractivity contribution is -0.120. The van der Waals surface area contributed by atoms with Gasteiger partial charge in [-0.1, -0.05) is 12.1 Å². The summed E-state index contributed by atoms with van der Waals surface area (Å²) in [4.78, 5) is 61.9. The van der Waals surface area contributed by atoms with Gasteiger partial charge in [-0.05, 0) is 98.8 Å². The molecule has 0 saturated carbocycles. The van der Waals surface area contributed by atoms with Gasteiger partial charge in [0.15, 0.2) is 28.9 Å². The normalized spacial score (nSPS) is 17.8. The number of piperazine rings is 1. The third-order valence-corrected chi connectivity index (χ3v) is 14.3. The number of nitrogens with zero attached hydrogens (tertiary/aromatic N) is 7. The van der Waals surface area contributed by atoms with Crippen molar-refractivity contribution in [3.63, 3.8) is 0 Å². The van der Waals surface area contributed by atoms with Gasteiger partial charge in [0.1, 0.15) is 15.6 Å². The van der Waals surface area contributed by atoms with Crippen LogP contribution in [-0.4, -0.2) is 130 Å². The van der Waals surface area contributed by atoms with Crippen LogP contribution in [0, 0.1) is 11.7 Å². The number of hydrogen-bond acceptors (Lipinski definition) is 13. The average Bonchev–Trinajstić information content (AvgIpc) is 3.77. The van der Waals surface area contributed by atoms with E-state index in [1.165, 1.54) is 18.1 Å². The number of sulfone groups is 1. The van der Waals surface area contributed by atoms with Gasteiger partial charge >= 0.3 is 6.03 Å². The van der Waals surface area contributed by atoms with Gasteiger partial charge in [-0.2, -0.15) is 5.10 Å². The van der Waals surface area contributed by atoms with Crippen LogP contribution in [0.5, 0.6) is 23.0 Å². The minimum Gasteiger partial charge on any atom is -0.493 e. The number of fused-ring (bicyclic) bond motifs is 2. The summed E-state index contributed by atoms with van der Waals surface area (Å²) >= 11 is 0. The van der Waals surface area contributed by atoms with E-state index in [9.17, 15) is 27.6 Å².